The zero-order valence-electron chi connectivity index (χ0n) is 35.0. The molecule has 0 aliphatic carbocycles. The van der Waals surface area contributed by atoms with Gasteiger partial charge in [0.05, 0.1) is 40.6 Å². The first-order chi connectivity index (χ1) is 31.6. The summed E-state index contributed by atoms with van der Waals surface area (Å²) in [7, 11) is 1.68. The fraction of sp³-hybridized carbons (Fsp3) is 0.0169. The molecular weight excluding hydrogens is 781 g/mol. The predicted molar refractivity (Wildman–Crippen MR) is 268 cm³/mol. The van der Waals surface area contributed by atoms with Gasteiger partial charge in [0.25, 0.3) is 0 Å². The molecule has 0 bridgehead atoms. The first-order valence-corrected chi connectivity index (χ1v) is 21.6. The quantitative estimate of drug-likeness (QED) is 0.153. The summed E-state index contributed by atoms with van der Waals surface area (Å²) >= 11 is 0. The van der Waals surface area contributed by atoms with Gasteiger partial charge < -0.3 is 13.9 Å². The van der Waals surface area contributed by atoms with Gasteiger partial charge >= 0.3 is 0 Å². The van der Waals surface area contributed by atoms with Gasteiger partial charge in [-0.15, -0.1) is 0 Å². The van der Waals surface area contributed by atoms with Crippen LogP contribution in [0.4, 0.5) is 5.69 Å². The number of hydrogen-bond donors (Lipinski definition) is 1. The van der Waals surface area contributed by atoms with Crippen molar-refractivity contribution in [2.24, 2.45) is 4.99 Å². The second-order valence-electron chi connectivity index (χ2n) is 16.3. The van der Waals surface area contributed by atoms with Crippen molar-refractivity contribution in [3.8, 4) is 28.3 Å². The summed E-state index contributed by atoms with van der Waals surface area (Å²) in [6.45, 7) is 0. The fourth-order valence-corrected chi connectivity index (χ4v) is 9.70. The monoisotopic (exact) mass is 820 g/mol. The van der Waals surface area contributed by atoms with Crippen LogP contribution in [0.15, 0.2) is 217 Å². The van der Waals surface area contributed by atoms with E-state index in [9.17, 15) is 5.41 Å². The van der Waals surface area contributed by atoms with Crippen molar-refractivity contribution in [1.29, 1.82) is 5.41 Å². The molecule has 1 N–H and O–H groups in total. The summed E-state index contributed by atoms with van der Waals surface area (Å²) in [6.07, 6.45) is 1.92. The Labute approximate surface area is 369 Å². The maximum absolute atomic E-state index is 9.55. The van der Waals surface area contributed by atoms with Gasteiger partial charge in [-0.25, -0.2) is 0 Å². The smallest absolute Gasteiger partial charge is 0.126 e. The van der Waals surface area contributed by atoms with E-state index in [2.05, 4.69) is 173 Å². The van der Waals surface area contributed by atoms with Crippen LogP contribution in [-0.4, -0.2) is 28.2 Å². The topological polar surface area (TPSA) is 55.3 Å². The first-order valence-electron chi connectivity index (χ1n) is 21.6. The lowest BCUT2D eigenvalue weighted by Gasteiger charge is -2.14. The molecule has 12 aromatic rings. The van der Waals surface area contributed by atoms with Crippen molar-refractivity contribution in [1.82, 2.24) is 9.13 Å². The number of nitrogens with zero attached hydrogens (tertiary/aromatic N) is 3. The van der Waals surface area contributed by atoms with E-state index >= 15 is 0 Å². The molecule has 0 radical (unpaired) electrons. The van der Waals surface area contributed by atoms with Crippen LogP contribution in [0, 0.1) is 5.41 Å². The number of ether oxygens (including phenoxy) is 1. The molecule has 0 atom stereocenters. The lowest BCUT2D eigenvalue weighted by molar-refractivity contribution is 0.420. The average molecular weight is 821 g/mol. The molecule has 0 spiro atoms. The van der Waals surface area contributed by atoms with Crippen LogP contribution in [-0.2, 0) is 0 Å². The van der Waals surface area contributed by atoms with E-state index in [4.69, 9.17) is 9.73 Å². The van der Waals surface area contributed by atoms with Gasteiger partial charge in [0.2, 0.25) is 0 Å². The number of benzene rings is 10. The average Bonchev–Trinajstić information content (AvgIpc) is 3.87. The number of aliphatic imine (C=N–C) groups is 1. The summed E-state index contributed by atoms with van der Waals surface area (Å²) in [5, 5.41) is 18.5. The molecule has 5 nitrogen and oxygen atoms in total. The van der Waals surface area contributed by atoms with Crippen molar-refractivity contribution in [3.63, 3.8) is 0 Å². The molecule has 2 aromatic heterocycles. The summed E-state index contributed by atoms with van der Waals surface area (Å²) in [5.74, 6) is 0.788. The SMILES string of the molecule is COc1ccc(C(=N)c2ccc3ccccc3c2N=Cc2ccc(-n3c4ccccc4c4cc(-c5ccc6c(c5)c5ccccc5n6-c5ccccc5)ccc43)cc2)c2ccccc12. The molecule has 0 unspecified atom stereocenters. The van der Waals surface area contributed by atoms with Crippen LogP contribution < -0.4 is 4.74 Å². The van der Waals surface area contributed by atoms with Gasteiger partial charge in [-0.1, -0.05) is 133 Å². The van der Waals surface area contributed by atoms with E-state index < -0.39 is 0 Å². The number of rotatable bonds is 8. The highest BCUT2D eigenvalue weighted by Crippen LogP contribution is 2.39. The van der Waals surface area contributed by atoms with Crippen molar-refractivity contribution >= 4 is 82.8 Å². The molecule has 0 saturated heterocycles. The largest absolute Gasteiger partial charge is 0.496 e. The van der Waals surface area contributed by atoms with Crippen LogP contribution >= 0.6 is 0 Å². The number of fused-ring (bicyclic) bond motifs is 8. The van der Waals surface area contributed by atoms with E-state index in [1.807, 2.05) is 54.7 Å². The lowest BCUT2D eigenvalue weighted by atomic mass is 9.93. The molecule has 0 aliphatic rings. The molecule has 5 heteroatoms. The molecule has 302 valence electrons. The maximum atomic E-state index is 9.55. The zero-order chi connectivity index (χ0) is 42.7. The van der Waals surface area contributed by atoms with Gasteiger partial charge in [-0.3, -0.25) is 10.4 Å². The first kappa shape index (κ1) is 37.2. The van der Waals surface area contributed by atoms with Crippen LogP contribution in [0.2, 0.25) is 0 Å². The Kier molecular flexibility index (Phi) is 8.80. The standard InChI is InChI=1S/C59H40N4O/c1-64-57-34-31-49(45-17-7-8-20-48(45)57)58(60)50-30-25-39-13-5-6-16-44(39)59(50)61-37-38-23-28-43(29-24-38)63-54-22-12-10-19-47(54)52-36-41(27-33-56(52)63)40-26-32-55-51(35-40)46-18-9-11-21-53(46)62(55)42-14-3-2-4-15-42/h2-37,60H,1H3. The highest BCUT2D eigenvalue weighted by atomic mass is 16.5. The number of hydrogen-bond acceptors (Lipinski definition) is 3. The number of para-hydroxylation sites is 3. The molecule has 0 amide bonds. The van der Waals surface area contributed by atoms with E-state index in [1.165, 1.54) is 43.7 Å². The molecule has 0 aliphatic heterocycles. The Morgan fingerprint density at radius 2 is 0.953 bits per heavy atom. The lowest BCUT2D eigenvalue weighted by Crippen LogP contribution is -2.04. The summed E-state index contributed by atoms with van der Waals surface area (Å²) in [6, 6.07) is 74.7. The van der Waals surface area contributed by atoms with Gasteiger partial charge in [-0.05, 0) is 106 Å². The van der Waals surface area contributed by atoms with Crippen molar-refractivity contribution in [2.45, 2.75) is 0 Å². The molecular formula is C59H40N4O. The van der Waals surface area contributed by atoms with E-state index in [-0.39, 0.29) is 0 Å². The third-order valence-corrected chi connectivity index (χ3v) is 12.7. The van der Waals surface area contributed by atoms with E-state index in [1.54, 1.807) is 7.11 Å². The molecule has 2 heterocycles. The molecule has 12 rings (SSSR count). The minimum absolute atomic E-state index is 0.415. The summed E-state index contributed by atoms with van der Waals surface area (Å²) in [4.78, 5) is 5.15. The second kappa shape index (κ2) is 15.1. The molecule has 0 saturated carbocycles. The maximum Gasteiger partial charge on any atom is 0.126 e. The fourth-order valence-electron chi connectivity index (χ4n) is 9.70. The van der Waals surface area contributed by atoms with Crippen molar-refractivity contribution < 1.29 is 4.74 Å². The van der Waals surface area contributed by atoms with Crippen LogP contribution in [0.25, 0.3) is 87.7 Å². The Bertz CT molecular complexity index is 3840. The molecule has 10 aromatic carbocycles. The van der Waals surface area contributed by atoms with Crippen molar-refractivity contribution in [2.75, 3.05) is 7.11 Å². The number of aromatic nitrogens is 2. The molecule has 64 heavy (non-hydrogen) atoms. The van der Waals surface area contributed by atoms with Gasteiger partial charge in [0, 0.05) is 61.0 Å². The minimum atomic E-state index is 0.415. The van der Waals surface area contributed by atoms with E-state index in [0.29, 0.717) is 5.71 Å². The normalized spacial score (nSPS) is 11.8. The Morgan fingerprint density at radius 3 is 1.59 bits per heavy atom. The molecule has 0 fully saturated rings. The third kappa shape index (κ3) is 6.01. The second-order valence-corrected chi connectivity index (χ2v) is 16.3. The summed E-state index contributed by atoms with van der Waals surface area (Å²) in [5.41, 5.74) is 13.1. The van der Waals surface area contributed by atoms with Gasteiger partial charge in [0.15, 0.2) is 0 Å². The van der Waals surface area contributed by atoms with Gasteiger partial charge in [-0.2, -0.15) is 0 Å². The predicted octanol–water partition coefficient (Wildman–Crippen LogP) is 15.0. The number of nitrogens with one attached hydrogen (secondary N) is 1. The van der Waals surface area contributed by atoms with Crippen LogP contribution in [0.5, 0.6) is 5.75 Å². The van der Waals surface area contributed by atoms with Crippen LogP contribution in [0.1, 0.15) is 16.7 Å². The Morgan fingerprint density at radius 1 is 0.438 bits per heavy atom. The van der Waals surface area contributed by atoms with Crippen LogP contribution in [0.3, 0.4) is 0 Å². The summed E-state index contributed by atoms with van der Waals surface area (Å²) < 4.78 is 10.4. The highest BCUT2D eigenvalue weighted by molar-refractivity contribution is 6.23. The third-order valence-electron chi connectivity index (χ3n) is 12.7. The number of methoxy groups -OCH3 is 1. The Balaban J connectivity index is 0.910. The van der Waals surface area contributed by atoms with Crippen molar-refractivity contribution in [3.05, 3.63) is 229 Å². The van der Waals surface area contributed by atoms with E-state index in [0.717, 1.165) is 72.1 Å². The Hall–Kier alpha value is -8.54. The van der Waals surface area contributed by atoms with Gasteiger partial charge in [0.1, 0.15) is 5.75 Å². The minimum Gasteiger partial charge on any atom is -0.496 e. The zero-order valence-corrected chi connectivity index (χ0v) is 35.0. The highest BCUT2D eigenvalue weighted by Gasteiger charge is 2.18.